The van der Waals surface area contributed by atoms with E-state index in [1.807, 2.05) is 25.1 Å². The number of aryl methyl sites for hydroxylation is 1. The van der Waals surface area contributed by atoms with E-state index >= 15 is 0 Å². The van der Waals surface area contributed by atoms with Crippen LogP contribution >= 0.6 is 0 Å². The Balaban J connectivity index is 2.76. The molecule has 17 heavy (non-hydrogen) atoms. The van der Waals surface area contributed by atoms with Crippen LogP contribution < -0.4 is 11.1 Å². The summed E-state index contributed by atoms with van der Waals surface area (Å²) in [6.07, 6.45) is 0. The zero-order valence-corrected chi connectivity index (χ0v) is 10.8. The number of nitrogens with zero attached hydrogens (tertiary/aromatic N) is 1. The molecule has 0 saturated heterocycles. The van der Waals surface area contributed by atoms with E-state index in [-0.39, 0.29) is 0 Å². The lowest BCUT2D eigenvalue weighted by Gasteiger charge is -2.20. The maximum absolute atomic E-state index is 9.12. The third kappa shape index (κ3) is 3.47. The molecule has 0 amide bonds. The highest BCUT2D eigenvalue weighted by atomic mass is 14.9. The number of anilines is 1. The van der Waals surface area contributed by atoms with Crippen molar-refractivity contribution in [2.45, 2.75) is 20.8 Å². The summed E-state index contributed by atoms with van der Waals surface area (Å²) in [5.74, 6) is 0.977. The molecule has 3 heteroatoms. The normalized spacial score (nSPS) is 12.2. The zero-order valence-electron chi connectivity index (χ0n) is 10.8. The van der Waals surface area contributed by atoms with Crippen LogP contribution in [0.2, 0.25) is 0 Å². The van der Waals surface area contributed by atoms with Crippen molar-refractivity contribution in [2.24, 2.45) is 17.6 Å². The highest BCUT2D eigenvalue weighted by Gasteiger charge is 2.12. The molecule has 3 nitrogen and oxygen atoms in total. The molecule has 92 valence electrons. The van der Waals surface area contributed by atoms with Crippen LogP contribution in [-0.2, 0) is 0 Å². The minimum Gasteiger partial charge on any atom is -0.384 e. The van der Waals surface area contributed by atoms with Gasteiger partial charge in [0.1, 0.15) is 6.07 Å². The van der Waals surface area contributed by atoms with Gasteiger partial charge >= 0.3 is 0 Å². The van der Waals surface area contributed by atoms with Crippen molar-refractivity contribution in [3.05, 3.63) is 29.3 Å². The summed E-state index contributed by atoms with van der Waals surface area (Å²) in [6.45, 7) is 7.76. The van der Waals surface area contributed by atoms with E-state index in [0.29, 0.717) is 18.4 Å². The van der Waals surface area contributed by atoms with Gasteiger partial charge in [-0.25, -0.2) is 0 Å². The standard InChI is InChI=1S/C14H21N3/c1-10(2)12(7-15)9-17-14-6-4-5-11(3)13(14)8-16/h4-6,10,12,17H,7,9,15H2,1-3H3. The van der Waals surface area contributed by atoms with Gasteiger partial charge in [0.25, 0.3) is 0 Å². The van der Waals surface area contributed by atoms with Gasteiger partial charge < -0.3 is 11.1 Å². The Labute approximate surface area is 104 Å². The zero-order chi connectivity index (χ0) is 12.8. The molecule has 0 radical (unpaired) electrons. The Morgan fingerprint density at radius 1 is 1.41 bits per heavy atom. The fourth-order valence-electron chi connectivity index (χ4n) is 1.80. The fourth-order valence-corrected chi connectivity index (χ4v) is 1.80. The monoisotopic (exact) mass is 231 g/mol. The van der Waals surface area contributed by atoms with Gasteiger partial charge in [-0.1, -0.05) is 26.0 Å². The minimum absolute atomic E-state index is 0.432. The number of rotatable bonds is 5. The molecule has 0 spiro atoms. The third-order valence-electron chi connectivity index (χ3n) is 3.18. The van der Waals surface area contributed by atoms with Crippen molar-refractivity contribution >= 4 is 5.69 Å². The molecular weight excluding hydrogens is 210 g/mol. The third-order valence-corrected chi connectivity index (χ3v) is 3.18. The van der Waals surface area contributed by atoms with Crippen LogP contribution in [-0.4, -0.2) is 13.1 Å². The number of benzene rings is 1. The second kappa shape index (κ2) is 6.27. The summed E-state index contributed by atoms with van der Waals surface area (Å²) < 4.78 is 0. The van der Waals surface area contributed by atoms with Crippen molar-refractivity contribution in [1.29, 1.82) is 5.26 Å². The molecular formula is C14H21N3. The highest BCUT2D eigenvalue weighted by molar-refractivity contribution is 5.60. The molecule has 3 N–H and O–H groups in total. The average molecular weight is 231 g/mol. The minimum atomic E-state index is 0.432. The summed E-state index contributed by atoms with van der Waals surface area (Å²) in [5.41, 5.74) is 8.38. The first-order valence-corrected chi connectivity index (χ1v) is 6.03. The molecule has 0 fully saturated rings. The summed E-state index contributed by atoms with van der Waals surface area (Å²) in [7, 11) is 0. The van der Waals surface area contributed by atoms with Crippen LogP contribution in [0, 0.1) is 30.1 Å². The largest absolute Gasteiger partial charge is 0.384 e. The van der Waals surface area contributed by atoms with E-state index in [4.69, 9.17) is 11.0 Å². The number of hydrogen-bond donors (Lipinski definition) is 2. The van der Waals surface area contributed by atoms with E-state index in [9.17, 15) is 0 Å². The van der Waals surface area contributed by atoms with Gasteiger partial charge in [-0.2, -0.15) is 5.26 Å². The molecule has 0 bridgehead atoms. The van der Waals surface area contributed by atoms with Gasteiger partial charge in [0.15, 0.2) is 0 Å². The summed E-state index contributed by atoms with van der Waals surface area (Å²) >= 11 is 0. The van der Waals surface area contributed by atoms with Crippen LogP contribution in [0.15, 0.2) is 18.2 Å². The second-order valence-corrected chi connectivity index (χ2v) is 4.73. The first-order chi connectivity index (χ1) is 8.10. The van der Waals surface area contributed by atoms with Crippen LogP contribution in [0.4, 0.5) is 5.69 Å². The van der Waals surface area contributed by atoms with Gasteiger partial charge in [-0.15, -0.1) is 0 Å². The molecule has 0 aliphatic carbocycles. The summed E-state index contributed by atoms with van der Waals surface area (Å²) in [5, 5.41) is 12.5. The van der Waals surface area contributed by atoms with Gasteiger partial charge in [-0.05, 0) is 36.9 Å². The van der Waals surface area contributed by atoms with Gasteiger partial charge in [0, 0.05) is 6.54 Å². The molecule has 0 heterocycles. The Hall–Kier alpha value is -1.53. The smallest absolute Gasteiger partial charge is 0.102 e. The van der Waals surface area contributed by atoms with E-state index in [1.54, 1.807) is 0 Å². The average Bonchev–Trinajstić information content (AvgIpc) is 2.29. The quantitative estimate of drug-likeness (QED) is 0.818. The SMILES string of the molecule is Cc1cccc(NCC(CN)C(C)C)c1C#N. The number of hydrogen-bond acceptors (Lipinski definition) is 3. The van der Waals surface area contributed by atoms with Gasteiger partial charge in [0.05, 0.1) is 11.3 Å². The molecule has 1 unspecified atom stereocenters. The van der Waals surface area contributed by atoms with Gasteiger partial charge in [-0.3, -0.25) is 0 Å². The van der Waals surface area contributed by atoms with Gasteiger partial charge in [0.2, 0.25) is 0 Å². The van der Waals surface area contributed by atoms with Crippen LogP contribution in [0.5, 0.6) is 0 Å². The highest BCUT2D eigenvalue weighted by Crippen LogP contribution is 2.19. The second-order valence-electron chi connectivity index (χ2n) is 4.73. The fraction of sp³-hybridized carbons (Fsp3) is 0.500. The maximum atomic E-state index is 9.12. The number of nitriles is 1. The first-order valence-electron chi connectivity index (χ1n) is 6.03. The number of nitrogens with one attached hydrogen (secondary N) is 1. The summed E-state index contributed by atoms with van der Waals surface area (Å²) in [6, 6.07) is 8.10. The lowest BCUT2D eigenvalue weighted by atomic mass is 9.95. The molecule has 0 aliphatic heterocycles. The molecule has 1 rings (SSSR count). The first kappa shape index (κ1) is 13.5. The van der Waals surface area contributed by atoms with E-state index in [2.05, 4.69) is 25.2 Å². The van der Waals surface area contributed by atoms with Crippen molar-refractivity contribution in [2.75, 3.05) is 18.4 Å². The predicted octanol–water partition coefficient (Wildman–Crippen LogP) is 2.51. The van der Waals surface area contributed by atoms with E-state index in [0.717, 1.165) is 23.4 Å². The molecule has 0 saturated carbocycles. The van der Waals surface area contributed by atoms with E-state index in [1.165, 1.54) is 0 Å². The predicted molar refractivity (Wildman–Crippen MR) is 71.8 cm³/mol. The Morgan fingerprint density at radius 3 is 2.65 bits per heavy atom. The Morgan fingerprint density at radius 2 is 2.12 bits per heavy atom. The molecule has 0 aromatic heterocycles. The molecule has 0 aliphatic rings. The molecule has 1 aromatic carbocycles. The lowest BCUT2D eigenvalue weighted by molar-refractivity contribution is 0.413. The molecule has 1 aromatic rings. The number of nitrogens with two attached hydrogens (primary N) is 1. The molecule has 1 atom stereocenters. The topological polar surface area (TPSA) is 61.8 Å². The van der Waals surface area contributed by atoms with Crippen molar-refractivity contribution < 1.29 is 0 Å². The van der Waals surface area contributed by atoms with Crippen molar-refractivity contribution in [1.82, 2.24) is 0 Å². The summed E-state index contributed by atoms with van der Waals surface area (Å²) in [4.78, 5) is 0. The Kier molecular flexibility index (Phi) is 4.99. The van der Waals surface area contributed by atoms with E-state index < -0.39 is 0 Å². The van der Waals surface area contributed by atoms with Crippen LogP contribution in [0.1, 0.15) is 25.0 Å². The van der Waals surface area contributed by atoms with Crippen LogP contribution in [0.3, 0.4) is 0 Å². The van der Waals surface area contributed by atoms with Crippen LogP contribution in [0.25, 0.3) is 0 Å². The van der Waals surface area contributed by atoms with Crippen molar-refractivity contribution in [3.8, 4) is 6.07 Å². The van der Waals surface area contributed by atoms with Crippen molar-refractivity contribution in [3.63, 3.8) is 0 Å². The lowest BCUT2D eigenvalue weighted by Crippen LogP contribution is -2.27. The maximum Gasteiger partial charge on any atom is 0.102 e. The Bertz CT molecular complexity index is 404.